The van der Waals surface area contributed by atoms with Crippen LogP contribution in [0.25, 0.3) is 0 Å². The lowest BCUT2D eigenvalue weighted by Crippen LogP contribution is -2.33. The van der Waals surface area contributed by atoms with E-state index in [0.717, 1.165) is 5.56 Å². The molecule has 0 bridgehead atoms. The number of carbonyl (C=O) groups is 2. The quantitative estimate of drug-likeness (QED) is 0.890. The van der Waals surface area contributed by atoms with E-state index in [4.69, 9.17) is 9.84 Å². The molecule has 0 spiro atoms. The van der Waals surface area contributed by atoms with Crippen LogP contribution in [0.5, 0.6) is 0 Å². The van der Waals surface area contributed by atoms with Crippen molar-refractivity contribution in [2.24, 2.45) is 11.8 Å². The van der Waals surface area contributed by atoms with Crippen molar-refractivity contribution in [2.45, 2.75) is 13.5 Å². The largest absolute Gasteiger partial charge is 0.481 e. The van der Waals surface area contributed by atoms with E-state index in [0.29, 0.717) is 18.8 Å². The van der Waals surface area contributed by atoms with Gasteiger partial charge in [-0.05, 0) is 23.6 Å². The first-order chi connectivity index (χ1) is 10.0. The Balaban J connectivity index is 1.99. The lowest BCUT2D eigenvalue weighted by atomic mass is 9.99. The van der Waals surface area contributed by atoms with E-state index in [1.165, 1.54) is 0 Å². The number of carboxylic acid groups (broad SMARTS) is 1. The minimum Gasteiger partial charge on any atom is -0.481 e. The second kappa shape index (κ2) is 6.58. The minimum absolute atomic E-state index is 0.0342. The lowest BCUT2D eigenvalue weighted by molar-refractivity contribution is -0.142. The van der Waals surface area contributed by atoms with Crippen LogP contribution in [0.4, 0.5) is 10.5 Å². The van der Waals surface area contributed by atoms with E-state index in [2.05, 4.69) is 5.32 Å². The molecule has 2 unspecified atom stereocenters. The van der Waals surface area contributed by atoms with Gasteiger partial charge in [-0.25, -0.2) is 4.79 Å². The summed E-state index contributed by atoms with van der Waals surface area (Å²) in [5.41, 5.74) is 1.65. The molecule has 2 atom stereocenters. The van der Waals surface area contributed by atoms with Crippen molar-refractivity contribution in [1.82, 2.24) is 4.90 Å². The summed E-state index contributed by atoms with van der Waals surface area (Å²) < 4.78 is 5.05. The number of nitrogens with zero attached hydrogens (tertiary/aromatic N) is 1. The zero-order valence-corrected chi connectivity index (χ0v) is 12.2. The van der Waals surface area contributed by atoms with Gasteiger partial charge in [0.05, 0.1) is 12.5 Å². The van der Waals surface area contributed by atoms with Gasteiger partial charge in [0.2, 0.25) is 0 Å². The molecule has 1 fully saturated rings. The van der Waals surface area contributed by atoms with Crippen LogP contribution < -0.4 is 5.32 Å². The predicted octanol–water partition coefficient (Wildman–Crippen LogP) is 2.02. The van der Waals surface area contributed by atoms with Crippen LogP contribution in [-0.2, 0) is 16.1 Å². The van der Waals surface area contributed by atoms with E-state index in [9.17, 15) is 9.59 Å². The van der Waals surface area contributed by atoms with Gasteiger partial charge in [-0.15, -0.1) is 0 Å². The number of hydrogen-bond donors (Lipinski definition) is 2. The van der Waals surface area contributed by atoms with Gasteiger partial charge in [-0.1, -0.05) is 19.1 Å². The zero-order valence-electron chi connectivity index (χ0n) is 12.2. The summed E-state index contributed by atoms with van der Waals surface area (Å²) in [6.45, 7) is 3.04. The van der Waals surface area contributed by atoms with Gasteiger partial charge in [-0.3, -0.25) is 4.79 Å². The molecular formula is C15H20N2O4. The Bertz CT molecular complexity index is 532. The molecule has 0 saturated carbocycles. The minimum atomic E-state index is -0.847. The summed E-state index contributed by atoms with van der Waals surface area (Å²) in [5, 5.41) is 11.9. The monoisotopic (exact) mass is 292 g/mol. The number of anilines is 1. The standard InChI is InChI=1S/C15H20N2O4/c1-10-7-17(8-13(10)14(18)19)15(20)16-12-5-3-4-11(6-12)9-21-2/h3-6,10,13H,7-9H2,1-2H3,(H,16,20)(H,18,19). The molecule has 6 heteroatoms. The third-order valence-corrected chi connectivity index (χ3v) is 3.71. The fourth-order valence-corrected chi connectivity index (χ4v) is 2.56. The molecule has 114 valence electrons. The van der Waals surface area contributed by atoms with Gasteiger partial charge in [-0.2, -0.15) is 0 Å². The van der Waals surface area contributed by atoms with Gasteiger partial charge in [0.15, 0.2) is 0 Å². The van der Waals surface area contributed by atoms with Gasteiger partial charge in [0, 0.05) is 25.9 Å². The van der Waals surface area contributed by atoms with Gasteiger partial charge in [0.1, 0.15) is 0 Å². The number of ether oxygens (including phenoxy) is 1. The van der Waals surface area contributed by atoms with E-state index in [-0.39, 0.29) is 18.5 Å². The summed E-state index contributed by atoms with van der Waals surface area (Å²) >= 11 is 0. The Morgan fingerprint density at radius 1 is 1.43 bits per heavy atom. The Labute approximate surface area is 123 Å². The molecule has 0 aliphatic carbocycles. The molecule has 21 heavy (non-hydrogen) atoms. The number of amides is 2. The van der Waals surface area contributed by atoms with Crippen LogP contribution in [0.1, 0.15) is 12.5 Å². The second-order valence-corrected chi connectivity index (χ2v) is 5.39. The van der Waals surface area contributed by atoms with Crippen LogP contribution in [-0.4, -0.2) is 42.2 Å². The third-order valence-electron chi connectivity index (χ3n) is 3.71. The van der Waals surface area contributed by atoms with Crippen molar-refractivity contribution >= 4 is 17.7 Å². The number of nitrogens with one attached hydrogen (secondary N) is 1. The molecule has 0 aromatic heterocycles. The molecule has 2 rings (SSSR count). The predicted molar refractivity (Wildman–Crippen MR) is 78.0 cm³/mol. The molecule has 2 amide bonds. The Kier molecular flexibility index (Phi) is 4.80. The first-order valence-electron chi connectivity index (χ1n) is 6.88. The highest BCUT2D eigenvalue weighted by atomic mass is 16.5. The average Bonchev–Trinajstić information content (AvgIpc) is 2.82. The molecule has 0 radical (unpaired) electrons. The molecule has 1 aromatic rings. The third kappa shape index (κ3) is 3.72. The van der Waals surface area contributed by atoms with Gasteiger partial charge < -0.3 is 20.1 Å². The van der Waals surface area contributed by atoms with Gasteiger partial charge in [0.25, 0.3) is 0 Å². The van der Waals surface area contributed by atoms with E-state index >= 15 is 0 Å². The topological polar surface area (TPSA) is 78.9 Å². The maximum absolute atomic E-state index is 12.2. The van der Waals surface area contributed by atoms with Crippen molar-refractivity contribution in [1.29, 1.82) is 0 Å². The molecule has 1 saturated heterocycles. The fourth-order valence-electron chi connectivity index (χ4n) is 2.56. The number of carboxylic acids is 1. The highest BCUT2D eigenvalue weighted by Crippen LogP contribution is 2.24. The second-order valence-electron chi connectivity index (χ2n) is 5.39. The Morgan fingerprint density at radius 3 is 2.81 bits per heavy atom. The average molecular weight is 292 g/mol. The van der Waals surface area contributed by atoms with Crippen LogP contribution >= 0.6 is 0 Å². The first kappa shape index (κ1) is 15.3. The van der Waals surface area contributed by atoms with Crippen LogP contribution in [0.15, 0.2) is 24.3 Å². The van der Waals surface area contributed by atoms with Crippen molar-refractivity contribution in [3.05, 3.63) is 29.8 Å². The summed E-state index contributed by atoms with van der Waals surface area (Å²) in [7, 11) is 1.61. The smallest absolute Gasteiger partial charge is 0.321 e. The highest BCUT2D eigenvalue weighted by Gasteiger charge is 2.36. The summed E-state index contributed by atoms with van der Waals surface area (Å²) in [6, 6.07) is 7.13. The first-order valence-corrected chi connectivity index (χ1v) is 6.88. The van der Waals surface area contributed by atoms with Gasteiger partial charge >= 0.3 is 12.0 Å². The van der Waals surface area contributed by atoms with Crippen molar-refractivity contribution in [3.63, 3.8) is 0 Å². The highest BCUT2D eigenvalue weighted by molar-refractivity contribution is 5.90. The van der Waals surface area contributed by atoms with Crippen molar-refractivity contribution in [2.75, 3.05) is 25.5 Å². The van der Waals surface area contributed by atoms with Crippen molar-refractivity contribution < 1.29 is 19.4 Å². The maximum Gasteiger partial charge on any atom is 0.321 e. The molecular weight excluding hydrogens is 272 g/mol. The van der Waals surface area contributed by atoms with E-state index in [1.54, 1.807) is 18.1 Å². The summed E-state index contributed by atoms with van der Waals surface area (Å²) in [6.07, 6.45) is 0. The van der Waals surface area contributed by atoms with E-state index in [1.807, 2.05) is 25.1 Å². The Hall–Kier alpha value is -2.08. The number of methoxy groups -OCH3 is 1. The molecule has 1 aliphatic heterocycles. The van der Waals surface area contributed by atoms with Crippen LogP contribution in [0.3, 0.4) is 0 Å². The lowest BCUT2D eigenvalue weighted by Gasteiger charge is -2.17. The molecule has 1 aliphatic rings. The molecule has 2 N–H and O–H groups in total. The molecule has 1 aromatic carbocycles. The maximum atomic E-state index is 12.2. The normalized spacial score (nSPS) is 21.3. The number of rotatable bonds is 4. The van der Waals surface area contributed by atoms with Crippen LogP contribution in [0.2, 0.25) is 0 Å². The molecule has 6 nitrogen and oxygen atoms in total. The fraction of sp³-hybridized carbons (Fsp3) is 0.467. The number of hydrogen-bond acceptors (Lipinski definition) is 3. The van der Waals surface area contributed by atoms with E-state index < -0.39 is 11.9 Å². The number of likely N-dealkylation sites (tertiary alicyclic amines) is 1. The number of carbonyl (C=O) groups excluding carboxylic acids is 1. The summed E-state index contributed by atoms with van der Waals surface area (Å²) in [5.74, 6) is -1.37. The number of benzene rings is 1. The summed E-state index contributed by atoms with van der Waals surface area (Å²) in [4.78, 5) is 24.8. The SMILES string of the molecule is COCc1cccc(NC(=O)N2CC(C)C(C(=O)O)C2)c1. The zero-order chi connectivity index (χ0) is 15.4. The molecule has 1 heterocycles. The van der Waals surface area contributed by atoms with Crippen LogP contribution in [0, 0.1) is 11.8 Å². The number of urea groups is 1. The number of aliphatic carboxylic acids is 1. The van der Waals surface area contributed by atoms with Crippen molar-refractivity contribution in [3.8, 4) is 0 Å². The Morgan fingerprint density at radius 2 is 2.19 bits per heavy atom.